The van der Waals surface area contributed by atoms with Gasteiger partial charge in [-0.05, 0) is 36.0 Å². The smallest absolute Gasteiger partial charge is 0.244 e. The van der Waals surface area contributed by atoms with Crippen LogP contribution in [0.1, 0.15) is 37.5 Å². The van der Waals surface area contributed by atoms with Gasteiger partial charge in [-0.1, -0.05) is 32.9 Å². The van der Waals surface area contributed by atoms with E-state index in [-0.39, 0.29) is 5.41 Å². The van der Waals surface area contributed by atoms with Gasteiger partial charge in [0.15, 0.2) is 0 Å². The van der Waals surface area contributed by atoms with Crippen molar-refractivity contribution < 1.29 is 13.7 Å². The van der Waals surface area contributed by atoms with E-state index in [1.807, 2.05) is 26.0 Å². The molecule has 0 atom stereocenters. The van der Waals surface area contributed by atoms with Gasteiger partial charge in [0.1, 0.15) is 0 Å². The maximum absolute atomic E-state index is 12.9. The van der Waals surface area contributed by atoms with Crippen LogP contribution in [-0.4, -0.2) is 38.9 Å². The molecular weight excluding hydrogens is 284 g/mol. The quantitative estimate of drug-likeness (QED) is 0.891. The zero-order valence-electron chi connectivity index (χ0n) is 13.7. The molecule has 5 heteroatoms. The van der Waals surface area contributed by atoms with Crippen molar-refractivity contribution in [2.24, 2.45) is 0 Å². The molecular formula is C16H27N2O2S+. The largest absolute Gasteiger partial charge is 0.344 e. The molecule has 118 valence electrons. The molecule has 0 aromatic heterocycles. The van der Waals surface area contributed by atoms with E-state index in [1.54, 1.807) is 4.31 Å². The molecule has 0 bridgehead atoms. The van der Waals surface area contributed by atoms with E-state index in [2.05, 4.69) is 26.1 Å². The number of aryl methyl sites for hydroxylation is 2. The highest BCUT2D eigenvalue weighted by Crippen LogP contribution is 2.30. The number of nitrogens with two attached hydrogens (primary N) is 1. The molecule has 0 unspecified atom stereocenters. The van der Waals surface area contributed by atoms with Crippen LogP contribution in [0, 0.1) is 13.8 Å². The number of quaternary nitrogens is 1. The third kappa shape index (κ3) is 3.30. The zero-order valence-corrected chi connectivity index (χ0v) is 14.5. The Labute approximate surface area is 128 Å². The summed E-state index contributed by atoms with van der Waals surface area (Å²) in [7, 11) is -3.37. The van der Waals surface area contributed by atoms with Crippen molar-refractivity contribution >= 4 is 10.0 Å². The van der Waals surface area contributed by atoms with Crippen molar-refractivity contribution in [2.75, 3.05) is 26.2 Å². The number of hydrogen-bond donors (Lipinski definition) is 1. The zero-order chi connectivity index (χ0) is 15.8. The summed E-state index contributed by atoms with van der Waals surface area (Å²) in [6.07, 6.45) is 0. The van der Waals surface area contributed by atoms with Gasteiger partial charge in [-0.3, -0.25) is 0 Å². The van der Waals surface area contributed by atoms with Gasteiger partial charge < -0.3 is 5.32 Å². The molecule has 21 heavy (non-hydrogen) atoms. The lowest BCUT2D eigenvalue weighted by Crippen LogP contribution is -2.89. The molecule has 1 aliphatic heterocycles. The SMILES string of the molecule is Cc1cc(C(C)(C)C)cc(C)c1S(=O)(=O)N1CC[NH2+]CC1. The highest BCUT2D eigenvalue weighted by atomic mass is 32.2. The first-order chi connectivity index (χ1) is 9.64. The predicted molar refractivity (Wildman–Crippen MR) is 85.0 cm³/mol. The van der Waals surface area contributed by atoms with Crippen LogP contribution in [0.3, 0.4) is 0 Å². The summed E-state index contributed by atoms with van der Waals surface area (Å²) in [5.74, 6) is 0. The lowest BCUT2D eigenvalue weighted by molar-refractivity contribution is -0.661. The van der Waals surface area contributed by atoms with Crippen LogP contribution in [0.15, 0.2) is 17.0 Å². The second-order valence-corrected chi connectivity index (χ2v) is 8.83. The second kappa shape index (κ2) is 5.71. The van der Waals surface area contributed by atoms with Gasteiger partial charge in [0.25, 0.3) is 0 Å². The van der Waals surface area contributed by atoms with Gasteiger partial charge in [-0.15, -0.1) is 0 Å². The van der Waals surface area contributed by atoms with Crippen LogP contribution < -0.4 is 5.32 Å². The number of hydrogen-bond acceptors (Lipinski definition) is 2. The van der Waals surface area contributed by atoms with Crippen molar-refractivity contribution in [3.05, 3.63) is 28.8 Å². The van der Waals surface area contributed by atoms with E-state index < -0.39 is 10.0 Å². The Morgan fingerprint density at radius 3 is 1.95 bits per heavy atom. The molecule has 2 rings (SSSR count). The number of benzene rings is 1. The monoisotopic (exact) mass is 311 g/mol. The van der Waals surface area contributed by atoms with Gasteiger partial charge in [0, 0.05) is 0 Å². The molecule has 1 heterocycles. The minimum Gasteiger partial charge on any atom is -0.344 e. The Morgan fingerprint density at radius 2 is 1.52 bits per heavy atom. The second-order valence-electron chi connectivity index (χ2n) is 6.96. The lowest BCUT2D eigenvalue weighted by atomic mass is 9.85. The Kier molecular flexibility index (Phi) is 4.47. The number of sulfonamides is 1. The van der Waals surface area contributed by atoms with Crippen LogP contribution in [-0.2, 0) is 15.4 Å². The number of nitrogens with zero attached hydrogens (tertiary/aromatic N) is 1. The predicted octanol–water partition coefficient (Wildman–Crippen LogP) is 1.17. The number of piperazine rings is 1. The molecule has 0 aliphatic carbocycles. The molecule has 1 fully saturated rings. The maximum atomic E-state index is 12.9. The molecule has 0 spiro atoms. The van der Waals surface area contributed by atoms with Gasteiger partial charge in [-0.25, -0.2) is 8.42 Å². The standard InChI is InChI=1S/C16H26N2O2S/c1-12-10-14(16(3,4)5)11-13(2)15(12)21(19,20)18-8-6-17-7-9-18/h10-11,17H,6-9H2,1-5H3/p+1. The third-order valence-corrected chi connectivity index (χ3v) is 6.29. The van der Waals surface area contributed by atoms with Crippen LogP contribution in [0.4, 0.5) is 0 Å². The summed E-state index contributed by atoms with van der Waals surface area (Å²) in [4.78, 5) is 0.498. The first-order valence-corrected chi connectivity index (χ1v) is 9.01. The fourth-order valence-corrected chi connectivity index (χ4v) is 4.77. The minimum atomic E-state index is -3.37. The molecule has 2 N–H and O–H groups in total. The van der Waals surface area contributed by atoms with Crippen molar-refractivity contribution in [3.63, 3.8) is 0 Å². The van der Waals surface area contributed by atoms with Crippen molar-refractivity contribution in [3.8, 4) is 0 Å². The Hall–Kier alpha value is -0.910. The van der Waals surface area contributed by atoms with Crippen molar-refractivity contribution in [2.45, 2.75) is 44.9 Å². The van der Waals surface area contributed by atoms with E-state index in [1.165, 1.54) is 5.56 Å². The van der Waals surface area contributed by atoms with Gasteiger partial charge >= 0.3 is 0 Å². The van der Waals surface area contributed by atoms with Crippen LogP contribution in [0.2, 0.25) is 0 Å². The average molecular weight is 311 g/mol. The maximum Gasteiger partial charge on any atom is 0.244 e. The highest BCUT2D eigenvalue weighted by molar-refractivity contribution is 7.89. The lowest BCUT2D eigenvalue weighted by Gasteiger charge is -2.27. The Bertz CT molecular complexity index is 601. The first-order valence-electron chi connectivity index (χ1n) is 7.57. The topological polar surface area (TPSA) is 54.0 Å². The van der Waals surface area contributed by atoms with E-state index in [0.29, 0.717) is 18.0 Å². The Balaban J connectivity index is 2.49. The van der Waals surface area contributed by atoms with Crippen LogP contribution >= 0.6 is 0 Å². The van der Waals surface area contributed by atoms with E-state index in [0.717, 1.165) is 24.2 Å². The van der Waals surface area contributed by atoms with E-state index in [9.17, 15) is 8.42 Å². The molecule has 1 aromatic carbocycles. The van der Waals surface area contributed by atoms with Crippen LogP contribution in [0.25, 0.3) is 0 Å². The average Bonchev–Trinajstić information content (AvgIpc) is 2.37. The van der Waals surface area contributed by atoms with Gasteiger partial charge in [0.05, 0.1) is 31.1 Å². The molecule has 1 aromatic rings. The summed E-state index contributed by atoms with van der Waals surface area (Å²) in [5.41, 5.74) is 2.92. The first kappa shape index (κ1) is 16.5. The number of rotatable bonds is 2. The van der Waals surface area contributed by atoms with E-state index in [4.69, 9.17) is 0 Å². The van der Waals surface area contributed by atoms with Crippen molar-refractivity contribution in [1.82, 2.24) is 4.31 Å². The fraction of sp³-hybridized carbons (Fsp3) is 0.625. The summed E-state index contributed by atoms with van der Waals surface area (Å²) in [5, 5.41) is 2.16. The molecule has 1 saturated heterocycles. The van der Waals surface area contributed by atoms with E-state index >= 15 is 0 Å². The Morgan fingerprint density at radius 1 is 1.05 bits per heavy atom. The van der Waals surface area contributed by atoms with Gasteiger partial charge in [-0.2, -0.15) is 4.31 Å². The fourth-order valence-electron chi connectivity index (χ4n) is 2.89. The molecule has 0 radical (unpaired) electrons. The normalized spacial score (nSPS) is 18.0. The van der Waals surface area contributed by atoms with Crippen molar-refractivity contribution in [1.29, 1.82) is 0 Å². The minimum absolute atomic E-state index is 0.0257. The third-order valence-electron chi connectivity index (χ3n) is 4.09. The molecule has 4 nitrogen and oxygen atoms in total. The summed E-state index contributed by atoms with van der Waals surface area (Å²) in [6, 6.07) is 4.05. The molecule has 0 saturated carbocycles. The summed E-state index contributed by atoms with van der Waals surface area (Å²) >= 11 is 0. The highest BCUT2D eigenvalue weighted by Gasteiger charge is 2.30. The summed E-state index contributed by atoms with van der Waals surface area (Å²) in [6.45, 7) is 13.2. The molecule has 1 aliphatic rings. The molecule has 0 amide bonds. The van der Waals surface area contributed by atoms with Gasteiger partial charge in [0.2, 0.25) is 10.0 Å². The van der Waals surface area contributed by atoms with Crippen LogP contribution in [0.5, 0.6) is 0 Å². The summed E-state index contributed by atoms with van der Waals surface area (Å²) < 4.78 is 27.4.